The third-order valence-electron chi connectivity index (χ3n) is 8.54. The second-order valence-corrected chi connectivity index (χ2v) is 12.1. The lowest BCUT2D eigenvalue weighted by Crippen LogP contribution is -2.59. The molecule has 4 atom stereocenters. The number of para-hydroxylation sites is 2. The van der Waals surface area contributed by atoms with Gasteiger partial charge in [0.1, 0.15) is 17.6 Å². The molecule has 4 unspecified atom stereocenters. The van der Waals surface area contributed by atoms with Crippen molar-refractivity contribution in [2.24, 2.45) is 18.4 Å². The van der Waals surface area contributed by atoms with E-state index < -0.39 is 17.4 Å². The number of aromatic nitrogens is 3. The zero-order valence-corrected chi connectivity index (χ0v) is 23.2. The average molecular weight is 545 g/mol. The van der Waals surface area contributed by atoms with Crippen molar-refractivity contribution in [3.63, 3.8) is 0 Å². The second kappa shape index (κ2) is 9.18. The smallest absolute Gasteiger partial charge is 0.290 e. The van der Waals surface area contributed by atoms with Crippen molar-refractivity contribution < 1.29 is 18.8 Å². The Morgan fingerprint density at radius 2 is 1.75 bits per heavy atom. The zero-order chi connectivity index (χ0) is 28.5. The topological polar surface area (TPSA) is 103 Å². The molecule has 40 heavy (non-hydrogen) atoms. The second-order valence-electron chi connectivity index (χ2n) is 12.1. The van der Waals surface area contributed by atoms with E-state index in [1.165, 1.54) is 12.1 Å². The molecule has 2 bridgehead atoms. The number of hydrogen-bond donors (Lipinski definition) is 2. The summed E-state index contributed by atoms with van der Waals surface area (Å²) in [5.74, 6) is -0.725. The summed E-state index contributed by atoms with van der Waals surface area (Å²) >= 11 is 0. The summed E-state index contributed by atoms with van der Waals surface area (Å²) in [5, 5.41) is 3.59. The maximum atomic E-state index is 14.0. The molecule has 0 spiro atoms. The molecule has 0 saturated carbocycles. The number of halogens is 1. The molecule has 10 heteroatoms. The molecule has 2 aliphatic rings. The number of rotatable bonds is 4. The predicted octanol–water partition coefficient (Wildman–Crippen LogP) is 3.71. The summed E-state index contributed by atoms with van der Waals surface area (Å²) in [6.45, 7) is 8.62. The van der Waals surface area contributed by atoms with Crippen LogP contribution in [0.4, 0.5) is 4.39 Å². The number of nitrogens with one attached hydrogen (secondary N) is 2. The minimum absolute atomic E-state index is 0.0849. The van der Waals surface area contributed by atoms with Crippen LogP contribution in [-0.4, -0.2) is 73.3 Å². The van der Waals surface area contributed by atoms with Crippen molar-refractivity contribution >= 4 is 39.7 Å². The number of aromatic amines is 1. The van der Waals surface area contributed by atoms with Crippen LogP contribution in [0, 0.1) is 17.2 Å². The number of imidazole rings is 1. The lowest BCUT2D eigenvalue weighted by Gasteiger charge is -2.39. The van der Waals surface area contributed by atoms with Crippen LogP contribution in [0.3, 0.4) is 0 Å². The van der Waals surface area contributed by atoms with Crippen molar-refractivity contribution in [2.75, 3.05) is 13.1 Å². The van der Waals surface area contributed by atoms with E-state index in [2.05, 4.69) is 22.2 Å². The van der Waals surface area contributed by atoms with Crippen molar-refractivity contribution in [3.8, 4) is 0 Å². The van der Waals surface area contributed by atoms with Crippen LogP contribution in [0.2, 0.25) is 0 Å². The molecule has 4 heterocycles. The Labute approximate surface area is 231 Å². The fourth-order valence-corrected chi connectivity index (χ4v) is 6.26. The summed E-state index contributed by atoms with van der Waals surface area (Å²) in [5.41, 5.74) is 2.05. The van der Waals surface area contributed by atoms with Gasteiger partial charge in [-0.15, -0.1) is 0 Å². The van der Waals surface area contributed by atoms with Crippen molar-refractivity contribution in [1.29, 1.82) is 0 Å². The number of fused-ring (bicyclic) bond motifs is 4. The van der Waals surface area contributed by atoms with Crippen molar-refractivity contribution in [3.05, 3.63) is 65.9 Å². The van der Waals surface area contributed by atoms with Gasteiger partial charge in [-0.05, 0) is 41.8 Å². The van der Waals surface area contributed by atoms with E-state index in [9.17, 15) is 18.8 Å². The van der Waals surface area contributed by atoms with Crippen LogP contribution in [0.25, 0.3) is 21.9 Å². The number of nitrogens with zero attached hydrogens (tertiary/aromatic N) is 4. The van der Waals surface area contributed by atoms with Crippen LogP contribution < -0.4 is 5.32 Å². The Hall–Kier alpha value is -4.21. The maximum absolute atomic E-state index is 14.0. The van der Waals surface area contributed by atoms with E-state index in [-0.39, 0.29) is 35.6 Å². The first-order valence-corrected chi connectivity index (χ1v) is 13.6. The summed E-state index contributed by atoms with van der Waals surface area (Å²) in [7, 11) is 1.75. The third kappa shape index (κ3) is 4.13. The van der Waals surface area contributed by atoms with E-state index in [0.29, 0.717) is 30.0 Å². The Morgan fingerprint density at radius 3 is 2.42 bits per heavy atom. The number of carbonyl (C=O) groups is 3. The first-order chi connectivity index (χ1) is 18.9. The van der Waals surface area contributed by atoms with Gasteiger partial charge in [0.25, 0.3) is 11.8 Å². The fourth-order valence-electron chi connectivity index (χ4n) is 6.26. The highest BCUT2D eigenvalue weighted by Gasteiger charge is 2.54. The summed E-state index contributed by atoms with van der Waals surface area (Å²) < 4.78 is 15.5. The molecule has 2 saturated heterocycles. The highest BCUT2D eigenvalue weighted by atomic mass is 19.1. The standard InChI is InChI=1S/C30H33FN6O3/c1-16-23-15-37(29(40)26-32-19-8-6-7-9-20(19)33-26)24(16)14-36(23)28(39)25(30(2,3)4)34-27(38)22-13-17-12-18(31)10-11-21(17)35(22)5/h6-13,16,23-25H,14-15H2,1-5H3,(H,32,33)(H,34,38). The number of piperazine rings is 1. The molecular weight excluding hydrogens is 511 g/mol. The summed E-state index contributed by atoms with van der Waals surface area (Å²) in [6.07, 6.45) is 0. The molecule has 9 nitrogen and oxygen atoms in total. The number of likely N-dealkylation sites (tertiary alicyclic amines) is 2. The quantitative estimate of drug-likeness (QED) is 0.409. The van der Waals surface area contributed by atoms with Gasteiger partial charge in [-0.1, -0.05) is 39.8 Å². The van der Waals surface area contributed by atoms with Crippen LogP contribution in [0.1, 0.15) is 48.8 Å². The van der Waals surface area contributed by atoms with E-state index in [1.54, 1.807) is 23.7 Å². The third-order valence-corrected chi connectivity index (χ3v) is 8.54. The lowest BCUT2D eigenvalue weighted by atomic mass is 9.85. The molecule has 3 amide bonds. The van der Waals surface area contributed by atoms with Gasteiger partial charge in [0.05, 0.1) is 23.1 Å². The maximum Gasteiger partial charge on any atom is 0.290 e. The van der Waals surface area contributed by atoms with Gasteiger partial charge in [0, 0.05) is 37.0 Å². The van der Waals surface area contributed by atoms with Crippen LogP contribution >= 0.6 is 0 Å². The van der Waals surface area contributed by atoms with E-state index in [4.69, 9.17) is 0 Å². The molecule has 0 radical (unpaired) electrons. The minimum atomic E-state index is -0.791. The lowest BCUT2D eigenvalue weighted by molar-refractivity contribution is -0.138. The first-order valence-electron chi connectivity index (χ1n) is 13.6. The molecular formula is C30H33FN6O3. The molecule has 2 aromatic carbocycles. The van der Waals surface area contributed by atoms with Crippen LogP contribution in [-0.2, 0) is 11.8 Å². The largest absolute Gasteiger partial charge is 0.340 e. The number of carbonyl (C=O) groups excluding carboxylic acids is 3. The van der Waals surface area contributed by atoms with E-state index in [0.717, 1.165) is 16.6 Å². The van der Waals surface area contributed by atoms with Gasteiger partial charge in [0.15, 0.2) is 5.82 Å². The predicted molar refractivity (Wildman–Crippen MR) is 149 cm³/mol. The average Bonchev–Trinajstić information content (AvgIpc) is 3.65. The fraction of sp³-hybridized carbons (Fsp3) is 0.400. The van der Waals surface area contributed by atoms with Crippen LogP contribution in [0.15, 0.2) is 48.5 Å². The first kappa shape index (κ1) is 26.0. The van der Waals surface area contributed by atoms with Gasteiger partial charge in [-0.3, -0.25) is 14.4 Å². The number of hydrogen-bond acceptors (Lipinski definition) is 4. The molecule has 0 aliphatic carbocycles. The minimum Gasteiger partial charge on any atom is -0.340 e. The Kier molecular flexibility index (Phi) is 5.97. The van der Waals surface area contributed by atoms with E-state index in [1.807, 2.05) is 54.8 Å². The highest BCUT2D eigenvalue weighted by Crippen LogP contribution is 2.38. The van der Waals surface area contributed by atoms with Gasteiger partial charge < -0.3 is 24.7 Å². The highest BCUT2D eigenvalue weighted by molar-refractivity contribution is 6.01. The molecule has 208 valence electrons. The van der Waals surface area contributed by atoms with Gasteiger partial charge in [0.2, 0.25) is 5.91 Å². The number of amides is 3. The SMILES string of the molecule is CC1C2CN(C(=O)C(NC(=O)c3cc4cc(F)ccc4n3C)C(C)(C)C)C1CN2C(=O)c1nc2ccccc2[nH]1. The Morgan fingerprint density at radius 1 is 1.05 bits per heavy atom. The number of benzene rings is 2. The van der Waals surface area contributed by atoms with Crippen molar-refractivity contribution in [2.45, 2.75) is 45.8 Å². The molecule has 2 aromatic heterocycles. The molecule has 2 fully saturated rings. The molecule has 4 aromatic rings. The number of H-pyrrole nitrogens is 1. The molecule has 2 aliphatic heterocycles. The monoisotopic (exact) mass is 544 g/mol. The van der Waals surface area contributed by atoms with Gasteiger partial charge >= 0.3 is 0 Å². The summed E-state index contributed by atoms with van der Waals surface area (Å²) in [4.78, 5) is 52.1. The van der Waals surface area contributed by atoms with Crippen LogP contribution in [0.5, 0.6) is 0 Å². The Bertz CT molecular complexity index is 1630. The van der Waals surface area contributed by atoms with E-state index >= 15 is 0 Å². The zero-order valence-electron chi connectivity index (χ0n) is 23.2. The van der Waals surface area contributed by atoms with Gasteiger partial charge in [-0.2, -0.15) is 0 Å². The molecule has 2 N–H and O–H groups in total. The normalized spacial score (nSPS) is 21.4. The number of aryl methyl sites for hydroxylation is 1. The van der Waals surface area contributed by atoms with Crippen molar-refractivity contribution in [1.82, 2.24) is 29.7 Å². The summed E-state index contributed by atoms with van der Waals surface area (Å²) in [6, 6.07) is 12.4. The van der Waals surface area contributed by atoms with Gasteiger partial charge in [-0.25, -0.2) is 9.37 Å². The molecule has 6 rings (SSSR count). The Balaban J connectivity index is 1.21.